The molecule has 0 radical (unpaired) electrons. The molecule has 9 heteroatoms. The lowest BCUT2D eigenvalue weighted by Crippen LogP contribution is -2.33. The maximum atomic E-state index is 13.5. The summed E-state index contributed by atoms with van der Waals surface area (Å²) < 4.78 is 4.75. The van der Waals surface area contributed by atoms with E-state index in [1.54, 1.807) is 38.1 Å². The van der Waals surface area contributed by atoms with Gasteiger partial charge in [0.2, 0.25) is 5.78 Å². The number of thiazole rings is 1. The van der Waals surface area contributed by atoms with Gasteiger partial charge in [0.1, 0.15) is 0 Å². The van der Waals surface area contributed by atoms with Crippen LogP contribution < -0.4 is 0 Å². The molecule has 0 bridgehead atoms. The number of amides is 1. The number of carbonyl (C=O) groups is 3. The van der Waals surface area contributed by atoms with Crippen molar-refractivity contribution in [1.29, 1.82) is 0 Å². The summed E-state index contributed by atoms with van der Waals surface area (Å²) in [5, 5.41) is 11.5. The van der Waals surface area contributed by atoms with Crippen LogP contribution in [0.5, 0.6) is 0 Å². The molecule has 0 saturated carbocycles. The van der Waals surface area contributed by atoms with Gasteiger partial charge in [-0.05, 0) is 58.6 Å². The van der Waals surface area contributed by atoms with E-state index in [0.717, 1.165) is 11.6 Å². The van der Waals surface area contributed by atoms with Gasteiger partial charge in [-0.15, -0.1) is 11.3 Å². The molecule has 0 spiro atoms. The summed E-state index contributed by atoms with van der Waals surface area (Å²) in [4.78, 5) is 46.5. The van der Waals surface area contributed by atoms with E-state index in [1.165, 1.54) is 23.3 Å². The molecule has 1 aromatic heterocycles. The molecule has 32 heavy (non-hydrogen) atoms. The van der Waals surface area contributed by atoms with Crippen LogP contribution in [-0.2, 0) is 9.53 Å². The fourth-order valence-corrected chi connectivity index (χ4v) is 4.68. The zero-order valence-electron chi connectivity index (χ0n) is 18.8. The Balaban J connectivity index is 2.04. The molecule has 1 N–H and O–H groups in total. The summed E-state index contributed by atoms with van der Waals surface area (Å²) in [5.74, 6) is -2.00. The number of esters is 1. The van der Waals surface area contributed by atoms with Crippen molar-refractivity contribution in [2.75, 3.05) is 34.3 Å². The minimum Gasteiger partial charge on any atom is -0.503 e. The second kappa shape index (κ2) is 9.62. The Morgan fingerprint density at radius 3 is 2.41 bits per heavy atom. The topological polar surface area (TPSA) is 100 Å². The van der Waals surface area contributed by atoms with Crippen LogP contribution in [0.15, 0.2) is 35.6 Å². The lowest BCUT2D eigenvalue weighted by molar-refractivity contribution is -0.129. The average Bonchev–Trinajstić information content (AvgIpc) is 3.23. The van der Waals surface area contributed by atoms with Gasteiger partial charge in [-0.2, -0.15) is 0 Å². The molecule has 1 amide bonds. The largest absolute Gasteiger partial charge is 0.503 e. The van der Waals surface area contributed by atoms with Gasteiger partial charge in [-0.25, -0.2) is 9.78 Å². The Kier molecular flexibility index (Phi) is 7.10. The normalized spacial score (nSPS) is 16.2. The molecule has 0 unspecified atom stereocenters. The van der Waals surface area contributed by atoms with E-state index in [4.69, 9.17) is 4.74 Å². The number of aliphatic hydroxyl groups excluding tert-OH is 1. The first-order chi connectivity index (χ1) is 15.1. The predicted molar refractivity (Wildman–Crippen MR) is 121 cm³/mol. The van der Waals surface area contributed by atoms with Crippen LogP contribution in [0.2, 0.25) is 0 Å². The molecule has 3 rings (SSSR count). The molecule has 1 aliphatic heterocycles. The second-order valence-corrected chi connectivity index (χ2v) is 9.11. The highest BCUT2D eigenvalue weighted by atomic mass is 32.1. The molecular weight excluding hydrogens is 430 g/mol. The first-order valence-corrected chi connectivity index (χ1v) is 11.0. The summed E-state index contributed by atoms with van der Waals surface area (Å²) >= 11 is 1.24. The molecule has 0 saturated heterocycles. The first kappa shape index (κ1) is 23.6. The number of rotatable bonds is 8. The number of hydrogen-bond acceptors (Lipinski definition) is 8. The van der Waals surface area contributed by atoms with E-state index in [9.17, 15) is 19.5 Å². The second-order valence-electron chi connectivity index (χ2n) is 7.91. The monoisotopic (exact) mass is 457 g/mol. The van der Waals surface area contributed by atoms with Crippen molar-refractivity contribution >= 4 is 29.0 Å². The maximum Gasteiger partial charge on any atom is 0.337 e. The van der Waals surface area contributed by atoms with E-state index in [2.05, 4.69) is 4.98 Å². The Bertz CT molecular complexity index is 1070. The quantitative estimate of drug-likeness (QED) is 0.480. The van der Waals surface area contributed by atoms with E-state index in [1.807, 2.05) is 19.0 Å². The minimum atomic E-state index is -0.759. The summed E-state index contributed by atoms with van der Waals surface area (Å²) in [7, 11) is 5.18. The van der Waals surface area contributed by atoms with Crippen LogP contribution in [0.1, 0.15) is 48.8 Å². The van der Waals surface area contributed by atoms with Crippen LogP contribution in [0, 0.1) is 13.8 Å². The molecule has 1 aliphatic rings. The van der Waals surface area contributed by atoms with Crippen LogP contribution in [0.4, 0.5) is 0 Å². The zero-order valence-corrected chi connectivity index (χ0v) is 19.7. The van der Waals surface area contributed by atoms with Crippen molar-refractivity contribution < 1.29 is 24.2 Å². The molecule has 1 atom stereocenters. The van der Waals surface area contributed by atoms with E-state index in [0.29, 0.717) is 34.7 Å². The van der Waals surface area contributed by atoms with Crippen LogP contribution >= 0.6 is 11.3 Å². The Morgan fingerprint density at radius 2 is 1.88 bits per heavy atom. The Labute approximate surface area is 191 Å². The number of aryl methyl sites for hydroxylation is 2. The number of aliphatic hydroxyl groups is 1. The molecule has 8 nitrogen and oxygen atoms in total. The zero-order chi connectivity index (χ0) is 23.6. The van der Waals surface area contributed by atoms with Crippen LogP contribution in [0.25, 0.3) is 0 Å². The molecular formula is C23H27N3O5S. The number of benzene rings is 1. The summed E-state index contributed by atoms with van der Waals surface area (Å²) in [6, 6.07) is 5.78. The van der Waals surface area contributed by atoms with Gasteiger partial charge in [0, 0.05) is 6.54 Å². The molecule has 0 aliphatic carbocycles. The van der Waals surface area contributed by atoms with E-state index < -0.39 is 29.5 Å². The lowest BCUT2D eigenvalue weighted by atomic mass is 9.94. The van der Waals surface area contributed by atoms with E-state index in [-0.39, 0.29) is 5.57 Å². The van der Waals surface area contributed by atoms with E-state index >= 15 is 0 Å². The van der Waals surface area contributed by atoms with Gasteiger partial charge >= 0.3 is 5.97 Å². The third kappa shape index (κ3) is 4.58. The van der Waals surface area contributed by atoms with Crippen molar-refractivity contribution in [3.05, 3.63) is 62.3 Å². The number of methoxy groups -OCH3 is 1. The SMILES string of the molecule is COC(=O)c1ccc([C@H]2C(C(=O)c3sc(C)nc3C)=C(O)C(=O)N2CCCN(C)C)cc1. The highest BCUT2D eigenvalue weighted by molar-refractivity contribution is 7.14. The number of ketones is 1. The lowest BCUT2D eigenvalue weighted by Gasteiger charge is -2.27. The van der Waals surface area contributed by atoms with Gasteiger partial charge in [-0.1, -0.05) is 12.1 Å². The smallest absolute Gasteiger partial charge is 0.337 e. The Morgan fingerprint density at radius 1 is 1.22 bits per heavy atom. The summed E-state index contributed by atoms with van der Waals surface area (Å²) in [6.45, 7) is 4.65. The standard InChI is InChI=1S/C23H27N3O5S/c1-13-21(32-14(2)24-13)19(27)17-18(15-7-9-16(10-8-15)23(30)31-5)26(22(29)20(17)28)12-6-11-25(3)4/h7-10,18,28H,6,11-12H2,1-5H3/t18-/m0/s1. The number of Topliss-reactive ketones (excluding diaryl/α,β-unsaturated/α-hetero) is 1. The third-order valence-electron chi connectivity index (χ3n) is 5.31. The highest BCUT2D eigenvalue weighted by Crippen LogP contribution is 2.40. The van der Waals surface area contributed by atoms with Crippen molar-refractivity contribution in [1.82, 2.24) is 14.8 Å². The average molecular weight is 458 g/mol. The predicted octanol–water partition coefficient (Wildman–Crippen LogP) is 3.08. The summed E-state index contributed by atoms with van der Waals surface area (Å²) in [6.07, 6.45) is 0.670. The van der Waals surface area contributed by atoms with Crippen LogP contribution in [-0.4, -0.2) is 71.8 Å². The minimum absolute atomic E-state index is 0.0393. The van der Waals surface area contributed by atoms with Gasteiger partial charge in [-0.3, -0.25) is 9.59 Å². The number of aromatic nitrogens is 1. The molecule has 2 aromatic rings. The van der Waals surface area contributed by atoms with Gasteiger partial charge in [0.05, 0.1) is 39.9 Å². The number of hydrogen-bond donors (Lipinski definition) is 1. The van der Waals surface area contributed by atoms with Crippen molar-refractivity contribution in [3.8, 4) is 0 Å². The third-order valence-corrected chi connectivity index (χ3v) is 6.38. The highest BCUT2D eigenvalue weighted by Gasteiger charge is 2.44. The van der Waals surface area contributed by atoms with Crippen molar-refractivity contribution in [2.24, 2.45) is 0 Å². The van der Waals surface area contributed by atoms with Crippen molar-refractivity contribution in [3.63, 3.8) is 0 Å². The summed E-state index contributed by atoms with van der Waals surface area (Å²) in [5.41, 5.74) is 1.59. The van der Waals surface area contributed by atoms with Gasteiger partial charge in [0.15, 0.2) is 5.76 Å². The fraction of sp³-hybridized carbons (Fsp3) is 0.391. The number of ether oxygens (including phenoxy) is 1. The molecule has 2 heterocycles. The maximum absolute atomic E-state index is 13.5. The van der Waals surface area contributed by atoms with Gasteiger partial charge in [0.25, 0.3) is 5.91 Å². The first-order valence-electron chi connectivity index (χ1n) is 10.2. The van der Waals surface area contributed by atoms with Crippen molar-refractivity contribution in [2.45, 2.75) is 26.3 Å². The van der Waals surface area contributed by atoms with Gasteiger partial charge < -0.3 is 19.6 Å². The number of nitrogens with zero attached hydrogens (tertiary/aromatic N) is 3. The molecule has 170 valence electrons. The number of carbonyl (C=O) groups excluding carboxylic acids is 3. The Hall–Kier alpha value is -3.04. The fourth-order valence-electron chi connectivity index (χ4n) is 3.80. The molecule has 0 fully saturated rings. The van der Waals surface area contributed by atoms with Crippen LogP contribution in [0.3, 0.4) is 0 Å². The molecule has 1 aromatic carbocycles.